The molecule has 0 unspecified atom stereocenters. The van der Waals surface area contributed by atoms with Crippen molar-refractivity contribution in [1.29, 1.82) is 5.26 Å². The van der Waals surface area contributed by atoms with E-state index in [2.05, 4.69) is 11.1 Å². The van der Waals surface area contributed by atoms with E-state index in [4.69, 9.17) is 10.5 Å². The second-order valence-electron chi connectivity index (χ2n) is 6.21. The zero-order valence-corrected chi connectivity index (χ0v) is 13.2. The van der Waals surface area contributed by atoms with E-state index in [0.717, 1.165) is 0 Å². The molecule has 2 N–H and O–H groups in total. The number of pyridine rings is 1. The van der Waals surface area contributed by atoms with Crippen LogP contribution in [0.3, 0.4) is 0 Å². The molecule has 0 bridgehead atoms. The highest BCUT2D eigenvalue weighted by atomic mass is 16.6. The molecule has 1 amide bonds. The van der Waals surface area contributed by atoms with Gasteiger partial charge in [-0.1, -0.05) is 0 Å². The smallest absolute Gasteiger partial charge is 0.410 e. The van der Waals surface area contributed by atoms with Crippen LogP contribution >= 0.6 is 0 Å². The van der Waals surface area contributed by atoms with Crippen LogP contribution in [0.5, 0.6) is 0 Å². The van der Waals surface area contributed by atoms with Crippen molar-refractivity contribution in [3.05, 3.63) is 17.8 Å². The van der Waals surface area contributed by atoms with E-state index in [9.17, 15) is 10.1 Å². The first-order valence-corrected chi connectivity index (χ1v) is 7.18. The number of nitriles is 1. The number of anilines is 2. The number of nitrogens with two attached hydrogens (primary N) is 1. The number of piperazine rings is 1. The van der Waals surface area contributed by atoms with Gasteiger partial charge in [0.25, 0.3) is 0 Å². The quantitative estimate of drug-likeness (QED) is 0.846. The summed E-state index contributed by atoms with van der Waals surface area (Å²) in [5.41, 5.74) is 6.07. The van der Waals surface area contributed by atoms with Gasteiger partial charge in [0.05, 0.1) is 17.4 Å². The molecule has 0 aliphatic carbocycles. The minimum absolute atomic E-state index is 0.307. The van der Waals surface area contributed by atoms with Crippen LogP contribution in [0.2, 0.25) is 0 Å². The average Bonchev–Trinajstić information content (AvgIpc) is 2.45. The molecule has 0 aromatic carbocycles. The van der Waals surface area contributed by atoms with Crippen LogP contribution in [-0.2, 0) is 4.74 Å². The number of aromatic nitrogens is 1. The van der Waals surface area contributed by atoms with E-state index in [1.165, 1.54) is 6.20 Å². The average molecular weight is 303 g/mol. The SMILES string of the molecule is CC(C)(C)OC(=O)N1CCN(c2ncc(N)cc2C#N)CC1. The minimum Gasteiger partial charge on any atom is -0.444 e. The van der Waals surface area contributed by atoms with Crippen LogP contribution in [0, 0.1) is 11.3 Å². The zero-order valence-electron chi connectivity index (χ0n) is 13.2. The van der Waals surface area contributed by atoms with Crippen molar-refractivity contribution >= 4 is 17.6 Å². The van der Waals surface area contributed by atoms with Crippen molar-refractivity contribution < 1.29 is 9.53 Å². The molecule has 2 rings (SSSR count). The van der Waals surface area contributed by atoms with Crippen molar-refractivity contribution in [2.75, 3.05) is 36.8 Å². The first kappa shape index (κ1) is 15.9. The number of nitrogen functional groups attached to an aromatic ring is 1. The van der Waals surface area contributed by atoms with E-state index in [0.29, 0.717) is 43.2 Å². The van der Waals surface area contributed by atoms with Crippen molar-refractivity contribution in [2.24, 2.45) is 0 Å². The molecule has 1 saturated heterocycles. The summed E-state index contributed by atoms with van der Waals surface area (Å²) in [7, 11) is 0. The van der Waals surface area contributed by atoms with Crippen LogP contribution in [0.15, 0.2) is 12.3 Å². The van der Waals surface area contributed by atoms with Gasteiger partial charge in [-0.2, -0.15) is 5.26 Å². The number of nitrogens with zero attached hydrogens (tertiary/aromatic N) is 4. The fourth-order valence-corrected chi connectivity index (χ4v) is 2.24. The number of rotatable bonds is 1. The molecular weight excluding hydrogens is 282 g/mol. The highest BCUT2D eigenvalue weighted by Gasteiger charge is 2.27. The third kappa shape index (κ3) is 3.79. The molecule has 0 saturated carbocycles. The van der Waals surface area contributed by atoms with E-state index < -0.39 is 5.60 Å². The van der Waals surface area contributed by atoms with Gasteiger partial charge in [0.1, 0.15) is 17.5 Å². The van der Waals surface area contributed by atoms with Gasteiger partial charge in [-0.15, -0.1) is 0 Å². The summed E-state index contributed by atoms with van der Waals surface area (Å²) in [4.78, 5) is 19.9. The molecule has 2 heterocycles. The summed E-state index contributed by atoms with van der Waals surface area (Å²) in [6, 6.07) is 3.72. The van der Waals surface area contributed by atoms with Crippen molar-refractivity contribution in [1.82, 2.24) is 9.88 Å². The number of ether oxygens (including phenoxy) is 1. The molecule has 1 aliphatic heterocycles. The van der Waals surface area contributed by atoms with Gasteiger partial charge < -0.3 is 20.3 Å². The summed E-state index contributed by atoms with van der Waals surface area (Å²) in [6.45, 7) is 7.81. The van der Waals surface area contributed by atoms with Crippen LogP contribution in [-0.4, -0.2) is 47.8 Å². The minimum atomic E-state index is -0.499. The predicted octanol–water partition coefficient (Wildman–Crippen LogP) is 1.59. The Hall–Kier alpha value is -2.49. The van der Waals surface area contributed by atoms with Gasteiger partial charge in [-0.05, 0) is 26.8 Å². The maximum absolute atomic E-state index is 12.0. The Kier molecular flexibility index (Phi) is 4.40. The molecule has 118 valence electrons. The molecule has 22 heavy (non-hydrogen) atoms. The van der Waals surface area contributed by atoms with Gasteiger partial charge in [-0.25, -0.2) is 9.78 Å². The maximum atomic E-state index is 12.0. The lowest BCUT2D eigenvalue weighted by Gasteiger charge is -2.36. The Morgan fingerprint density at radius 2 is 2.00 bits per heavy atom. The second kappa shape index (κ2) is 6.10. The lowest BCUT2D eigenvalue weighted by Crippen LogP contribution is -2.50. The zero-order chi connectivity index (χ0) is 16.3. The predicted molar refractivity (Wildman–Crippen MR) is 83.4 cm³/mol. The number of hydrogen-bond acceptors (Lipinski definition) is 6. The lowest BCUT2D eigenvalue weighted by atomic mass is 10.2. The summed E-state index contributed by atoms with van der Waals surface area (Å²) < 4.78 is 5.36. The molecule has 0 spiro atoms. The third-order valence-corrected chi connectivity index (χ3v) is 3.24. The standard InChI is InChI=1S/C15H21N5O2/c1-15(2,3)22-14(21)20-6-4-19(5-7-20)13-11(9-16)8-12(17)10-18-13/h8,10H,4-7,17H2,1-3H3. The van der Waals surface area contributed by atoms with Crippen molar-refractivity contribution in [3.63, 3.8) is 0 Å². The number of carbonyl (C=O) groups excluding carboxylic acids is 1. The van der Waals surface area contributed by atoms with Gasteiger partial charge >= 0.3 is 6.09 Å². The summed E-state index contributed by atoms with van der Waals surface area (Å²) >= 11 is 0. The Bertz CT molecular complexity index is 595. The summed E-state index contributed by atoms with van der Waals surface area (Å²) in [5.74, 6) is 0.612. The fraction of sp³-hybridized carbons (Fsp3) is 0.533. The summed E-state index contributed by atoms with van der Waals surface area (Å²) in [5, 5.41) is 9.18. The molecule has 0 radical (unpaired) electrons. The van der Waals surface area contributed by atoms with Gasteiger partial charge in [0.15, 0.2) is 0 Å². The Morgan fingerprint density at radius 3 is 2.55 bits per heavy atom. The lowest BCUT2D eigenvalue weighted by molar-refractivity contribution is 0.0240. The highest BCUT2D eigenvalue weighted by Crippen LogP contribution is 2.21. The monoisotopic (exact) mass is 303 g/mol. The van der Waals surface area contributed by atoms with E-state index in [-0.39, 0.29) is 6.09 Å². The molecule has 1 fully saturated rings. The van der Waals surface area contributed by atoms with Gasteiger partial charge in [-0.3, -0.25) is 0 Å². The maximum Gasteiger partial charge on any atom is 0.410 e. The van der Waals surface area contributed by atoms with Crippen LogP contribution < -0.4 is 10.6 Å². The molecule has 1 aliphatic rings. The normalized spacial score (nSPS) is 15.4. The van der Waals surface area contributed by atoms with Crippen molar-refractivity contribution in [3.8, 4) is 6.07 Å². The second-order valence-corrected chi connectivity index (χ2v) is 6.21. The molecule has 7 heteroatoms. The number of carbonyl (C=O) groups is 1. The van der Waals surface area contributed by atoms with Gasteiger partial charge in [0.2, 0.25) is 0 Å². The van der Waals surface area contributed by atoms with E-state index >= 15 is 0 Å². The fourth-order valence-electron chi connectivity index (χ4n) is 2.24. The first-order chi connectivity index (χ1) is 10.3. The van der Waals surface area contributed by atoms with Crippen LogP contribution in [0.1, 0.15) is 26.3 Å². The first-order valence-electron chi connectivity index (χ1n) is 7.18. The van der Waals surface area contributed by atoms with Gasteiger partial charge in [0, 0.05) is 26.2 Å². The van der Waals surface area contributed by atoms with E-state index in [1.807, 2.05) is 25.7 Å². The number of hydrogen-bond donors (Lipinski definition) is 1. The van der Waals surface area contributed by atoms with Crippen LogP contribution in [0.25, 0.3) is 0 Å². The molecule has 0 atom stereocenters. The van der Waals surface area contributed by atoms with Crippen LogP contribution in [0.4, 0.5) is 16.3 Å². The Balaban J connectivity index is 2.01. The molecular formula is C15H21N5O2. The molecule has 1 aromatic heterocycles. The highest BCUT2D eigenvalue weighted by molar-refractivity contribution is 5.69. The summed E-state index contributed by atoms with van der Waals surface area (Å²) in [6.07, 6.45) is 1.23. The number of amides is 1. The van der Waals surface area contributed by atoms with E-state index in [1.54, 1.807) is 11.0 Å². The van der Waals surface area contributed by atoms with Crippen molar-refractivity contribution in [2.45, 2.75) is 26.4 Å². The largest absolute Gasteiger partial charge is 0.444 e. The molecule has 1 aromatic rings. The Morgan fingerprint density at radius 1 is 1.36 bits per heavy atom. The third-order valence-electron chi connectivity index (χ3n) is 3.24. The molecule has 7 nitrogen and oxygen atoms in total. The Labute approximate surface area is 130 Å². The topological polar surface area (TPSA) is 95.5 Å².